The molecule has 2 N–H and O–H groups in total. The van der Waals surface area contributed by atoms with Crippen molar-refractivity contribution in [2.75, 3.05) is 39.3 Å². The van der Waals surface area contributed by atoms with E-state index in [4.69, 9.17) is 0 Å². The van der Waals surface area contributed by atoms with Crippen molar-refractivity contribution in [3.8, 4) is 0 Å². The Morgan fingerprint density at radius 3 is 2.60 bits per heavy atom. The summed E-state index contributed by atoms with van der Waals surface area (Å²) in [4.78, 5) is 14.1. The first-order chi connectivity index (χ1) is 9.34. The lowest BCUT2D eigenvalue weighted by molar-refractivity contribution is -0.121. The SMILES string of the molecule is Cl.O=C(CCCC1CCCC1)NCCN1CCNCC1. The van der Waals surface area contributed by atoms with E-state index in [2.05, 4.69) is 15.5 Å². The summed E-state index contributed by atoms with van der Waals surface area (Å²) in [5.41, 5.74) is 0. The summed E-state index contributed by atoms with van der Waals surface area (Å²) in [6, 6.07) is 0. The van der Waals surface area contributed by atoms with Crippen molar-refractivity contribution in [1.82, 2.24) is 15.5 Å². The van der Waals surface area contributed by atoms with Crippen molar-refractivity contribution in [1.29, 1.82) is 0 Å². The number of piperazine rings is 1. The molecule has 118 valence electrons. The molecule has 1 amide bonds. The summed E-state index contributed by atoms with van der Waals surface area (Å²) in [5.74, 6) is 1.15. The van der Waals surface area contributed by atoms with Crippen molar-refractivity contribution in [2.45, 2.75) is 44.9 Å². The fraction of sp³-hybridized carbons (Fsp3) is 0.933. The van der Waals surface area contributed by atoms with Crippen LogP contribution in [0.4, 0.5) is 0 Å². The van der Waals surface area contributed by atoms with Crippen molar-refractivity contribution in [2.24, 2.45) is 5.92 Å². The predicted molar refractivity (Wildman–Crippen MR) is 85.4 cm³/mol. The molecule has 0 aromatic carbocycles. The third kappa shape index (κ3) is 6.91. The monoisotopic (exact) mass is 303 g/mol. The predicted octanol–water partition coefficient (Wildman–Crippen LogP) is 1.79. The van der Waals surface area contributed by atoms with Gasteiger partial charge >= 0.3 is 0 Å². The van der Waals surface area contributed by atoms with Gasteiger partial charge in [0.15, 0.2) is 0 Å². The molecule has 0 atom stereocenters. The van der Waals surface area contributed by atoms with E-state index >= 15 is 0 Å². The molecule has 20 heavy (non-hydrogen) atoms. The fourth-order valence-corrected chi connectivity index (χ4v) is 3.23. The number of carbonyl (C=O) groups excluding carboxylic acids is 1. The minimum Gasteiger partial charge on any atom is -0.355 e. The van der Waals surface area contributed by atoms with Crippen molar-refractivity contribution >= 4 is 18.3 Å². The van der Waals surface area contributed by atoms with Crippen LogP contribution in [0, 0.1) is 5.92 Å². The normalized spacial score (nSPS) is 20.6. The standard InChI is InChI=1S/C15H29N3O.ClH/c19-15(7-3-6-14-4-1-2-5-14)17-10-13-18-11-8-16-9-12-18;/h14,16H,1-13H2,(H,17,19);1H. The third-order valence-corrected chi connectivity index (χ3v) is 4.45. The molecule has 1 saturated heterocycles. The van der Waals surface area contributed by atoms with Crippen LogP contribution in [0.1, 0.15) is 44.9 Å². The number of hydrogen-bond donors (Lipinski definition) is 2. The average molecular weight is 304 g/mol. The highest BCUT2D eigenvalue weighted by Gasteiger charge is 2.15. The molecule has 4 nitrogen and oxygen atoms in total. The van der Waals surface area contributed by atoms with Gasteiger partial charge in [0.2, 0.25) is 5.91 Å². The molecule has 0 unspecified atom stereocenters. The second-order valence-electron chi connectivity index (χ2n) is 5.98. The Labute approximate surface area is 129 Å². The zero-order valence-electron chi connectivity index (χ0n) is 12.5. The molecular formula is C15H30ClN3O. The van der Waals surface area contributed by atoms with E-state index in [1.54, 1.807) is 0 Å². The van der Waals surface area contributed by atoms with Crippen LogP contribution in [0.15, 0.2) is 0 Å². The minimum absolute atomic E-state index is 0. The first-order valence-electron chi connectivity index (χ1n) is 8.04. The number of nitrogens with one attached hydrogen (secondary N) is 2. The molecule has 1 heterocycles. The number of nitrogens with zero attached hydrogens (tertiary/aromatic N) is 1. The molecule has 2 fully saturated rings. The molecule has 5 heteroatoms. The van der Waals surface area contributed by atoms with E-state index in [1.165, 1.54) is 32.1 Å². The summed E-state index contributed by atoms with van der Waals surface area (Å²) in [5, 5.41) is 6.39. The Hall–Kier alpha value is -0.320. The van der Waals surface area contributed by atoms with Crippen LogP contribution in [-0.2, 0) is 4.79 Å². The molecule has 0 spiro atoms. The highest BCUT2D eigenvalue weighted by Crippen LogP contribution is 2.28. The van der Waals surface area contributed by atoms with Gasteiger partial charge in [-0.1, -0.05) is 25.7 Å². The molecule has 1 aliphatic carbocycles. The number of amides is 1. The summed E-state index contributed by atoms with van der Waals surface area (Å²) in [7, 11) is 0. The van der Waals surface area contributed by atoms with E-state index < -0.39 is 0 Å². The molecule has 2 rings (SSSR count). The van der Waals surface area contributed by atoms with Gasteiger partial charge in [0.1, 0.15) is 0 Å². The van der Waals surface area contributed by atoms with Crippen molar-refractivity contribution in [3.05, 3.63) is 0 Å². The van der Waals surface area contributed by atoms with E-state index in [9.17, 15) is 4.79 Å². The third-order valence-electron chi connectivity index (χ3n) is 4.45. The zero-order valence-corrected chi connectivity index (χ0v) is 13.3. The van der Waals surface area contributed by atoms with Crippen LogP contribution in [0.25, 0.3) is 0 Å². The molecule has 1 saturated carbocycles. The van der Waals surface area contributed by atoms with E-state index in [0.717, 1.165) is 58.0 Å². The smallest absolute Gasteiger partial charge is 0.220 e. The number of carbonyl (C=O) groups is 1. The average Bonchev–Trinajstić information content (AvgIpc) is 2.93. The van der Waals surface area contributed by atoms with Crippen LogP contribution >= 0.6 is 12.4 Å². The maximum Gasteiger partial charge on any atom is 0.220 e. The minimum atomic E-state index is 0. The maximum atomic E-state index is 11.7. The number of halogens is 1. The molecule has 2 aliphatic rings. The Morgan fingerprint density at radius 2 is 1.90 bits per heavy atom. The summed E-state index contributed by atoms with van der Waals surface area (Å²) in [6.45, 7) is 6.18. The molecular weight excluding hydrogens is 274 g/mol. The van der Waals surface area contributed by atoms with Gasteiger partial charge in [0.25, 0.3) is 0 Å². The van der Waals surface area contributed by atoms with Crippen molar-refractivity contribution in [3.63, 3.8) is 0 Å². The Balaban J connectivity index is 0.00000200. The van der Waals surface area contributed by atoms with Crippen LogP contribution in [0.5, 0.6) is 0 Å². The lowest BCUT2D eigenvalue weighted by Gasteiger charge is -2.27. The fourth-order valence-electron chi connectivity index (χ4n) is 3.23. The Morgan fingerprint density at radius 1 is 1.20 bits per heavy atom. The van der Waals surface area contributed by atoms with Gasteiger partial charge in [0, 0.05) is 45.7 Å². The van der Waals surface area contributed by atoms with Crippen LogP contribution in [-0.4, -0.2) is 50.1 Å². The van der Waals surface area contributed by atoms with Gasteiger partial charge in [0.05, 0.1) is 0 Å². The van der Waals surface area contributed by atoms with Gasteiger partial charge in [-0.05, 0) is 18.8 Å². The molecule has 0 aromatic heterocycles. The summed E-state index contributed by atoms with van der Waals surface area (Å²) < 4.78 is 0. The van der Waals surface area contributed by atoms with E-state index in [0.29, 0.717) is 0 Å². The quantitative estimate of drug-likeness (QED) is 0.754. The van der Waals surface area contributed by atoms with E-state index in [1.807, 2.05) is 0 Å². The van der Waals surface area contributed by atoms with Gasteiger partial charge < -0.3 is 10.6 Å². The maximum absolute atomic E-state index is 11.7. The lowest BCUT2D eigenvalue weighted by Crippen LogP contribution is -2.46. The Bertz CT molecular complexity index is 264. The second-order valence-corrected chi connectivity index (χ2v) is 5.98. The van der Waals surface area contributed by atoms with Gasteiger partial charge in [-0.25, -0.2) is 0 Å². The lowest BCUT2D eigenvalue weighted by atomic mass is 10.0. The summed E-state index contributed by atoms with van der Waals surface area (Å²) in [6.07, 6.45) is 8.64. The molecule has 0 radical (unpaired) electrons. The van der Waals surface area contributed by atoms with Crippen LogP contribution < -0.4 is 10.6 Å². The number of hydrogen-bond acceptors (Lipinski definition) is 3. The zero-order chi connectivity index (χ0) is 13.3. The highest BCUT2D eigenvalue weighted by atomic mass is 35.5. The van der Waals surface area contributed by atoms with E-state index in [-0.39, 0.29) is 18.3 Å². The highest BCUT2D eigenvalue weighted by molar-refractivity contribution is 5.85. The van der Waals surface area contributed by atoms with Crippen LogP contribution in [0.3, 0.4) is 0 Å². The Kier molecular flexibility index (Phi) is 9.23. The number of rotatable bonds is 7. The van der Waals surface area contributed by atoms with Gasteiger partial charge in [-0.2, -0.15) is 0 Å². The second kappa shape index (κ2) is 10.4. The van der Waals surface area contributed by atoms with Crippen molar-refractivity contribution < 1.29 is 4.79 Å². The molecule has 0 bridgehead atoms. The molecule has 1 aliphatic heterocycles. The topological polar surface area (TPSA) is 44.4 Å². The first kappa shape index (κ1) is 17.7. The van der Waals surface area contributed by atoms with Gasteiger partial charge in [-0.3, -0.25) is 9.69 Å². The largest absolute Gasteiger partial charge is 0.355 e. The van der Waals surface area contributed by atoms with Gasteiger partial charge in [-0.15, -0.1) is 12.4 Å². The summed E-state index contributed by atoms with van der Waals surface area (Å²) >= 11 is 0. The molecule has 0 aromatic rings. The van der Waals surface area contributed by atoms with Crippen LogP contribution in [0.2, 0.25) is 0 Å². The first-order valence-corrected chi connectivity index (χ1v) is 8.04.